The molecule has 5 rings (SSSR count). The number of nitrogens with zero attached hydrogens (tertiary/aromatic N) is 4. The van der Waals surface area contributed by atoms with Crippen LogP contribution in [0.5, 0.6) is 0 Å². The van der Waals surface area contributed by atoms with Crippen molar-refractivity contribution in [3.8, 4) is 0 Å². The average Bonchev–Trinajstić information content (AvgIpc) is 3.43. The Morgan fingerprint density at radius 3 is 2.42 bits per heavy atom. The number of thiophene rings is 1. The number of rotatable bonds is 6. The fourth-order valence-corrected chi connectivity index (χ4v) is 4.91. The Morgan fingerprint density at radius 1 is 0.871 bits per heavy atom. The van der Waals surface area contributed by atoms with E-state index in [-0.39, 0.29) is 5.91 Å². The van der Waals surface area contributed by atoms with E-state index in [0.717, 1.165) is 55.5 Å². The van der Waals surface area contributed by atoms with Gasteiger partial charge >= 0.3 is 0 Å². The number of amides is 1. The van der Waals surface area contributed by atoms with Crippen LogP contribution in [-0.4, -0.2) is 51.4 Å². The molecule has 0 saturated carbocycles. The number of piperazine rings is 1. The lowest BCUT2D eigenvalue weighted by Gasteiger charge is -2.34. The minimum absolute atomic E-state index is 0.235. The largest absolute Gasteiger partial charge is 0.340 e. The van der Waals surface area contributed by atoms with Gasteiger partial charge < -0.3 is 9.47 Å². The zero-order valence-electron chi connectivity index (χ0n) is 17.5. The lowest BCUT2D eigenvalue weighted by Crippen LogP contribution is -2.48. The number of aromatic nitrogens is 2. The van der Waals surface area contributed by atoms with Crippen LogP contribution in [0.4, 0.5) is 0 Å². The van der Waals surface area contributed by atoms with Gasteiger partial charge in [0.05, 0.1) is 24.0 Å². The Balaban J connectivity index is 1.28. The number of para-hydroxylation sites is 2. The summed E-state index contributed by atoms with van der Waals surface area (Å²) in [7, 11) is 0. The molecule has 158 valence electrons. The Kier molecular flexibility index (Phi) is 5.82. The fourth-order valence-electron chi connectivity index (χ4n) is 4.22. The minimum Gasteiger partial charge on any atom is -0.340 e. The second-order valence-electron chi connectivity index (χ2n) is 8.00. The molecule has 31 heavy (non-hydrogen) atoms. The number of fused-ring (bicyclic) bond motifs is 1. The first-order valence-electron chi connectivity index (χ1n) is 10.8. The third kappa shape index (κ3) is 4.55. The molecule has 0 unspecified atom stereocenters. The summed E-state index contributed by atoms with van der Waals surface area (Å²) in [5.74, 6) is 1.32. The van der Waals surface area contributed by atoms with Crippen LogP contribution < -0.4 is 0 Å². The van der Waals surface area contributed by atoms with Gasteiger partial charge in [0, 0.05) is 37.6 Å². The minimum atomic E-state index is 0.235. The molecule has 1 aliphatic heterocycles. The number of hydrogen-bond acceptors (Lipinski definition) is 4. The number of imidazole rings is 1. The van der Waals surface area contributed by atoms with Gasteiger partial charge in [-0.05, 0) is 29.1 Å². The van der Waals surface area contributed by atoms with Crippen molar-refractivity contribution in [2.45, 2.75) is 19.5 Å². The fraction of sp³-hybridized carbons (Fsp3) is 0.280. The van der Waals surface area contributed by atoms with E-state index >= 15 is 0 Å². The summed E-state index contributed by atoms with van der Waals surface area (Å²) >= 11 is 1.65. The highest BCUT2D eigenvalue weighted by Crippen LogP contribution is 2.20. The summed E-state index contributed by atoms with van der Waals surface area (Å²) in [5, 5.41) is 2.03. The molecule has 1 saturated heterocycles. The van der Waals surface area contributed by atoms with Gasteiger partial charge in [-0.15, -0.1) is 11.3 Å². The van der Waals surface area contributed by atoms with Gasteiger partial charge in [0.25, 0.3) is 0 Å². The molecule has 1 amide bonds. The standard InChI is InChI=1S/C25H26N4OS/c30-25(17-21-9-6-16-31-21)28-14-12-27(13-15-28)19-24-26-22-10-4-5-11-23(22)29(24)18-20-7-2-1-3-8-20/h1-11,16H,12-15,17-19H2. The van der Waals surface area contributed by atoms with Crippen LogP contribution in [0.25, 0.3) is 11.0 Å². The van der Waals surface area contributed by atoms with Crippen LogP contribution in [0, 0.1) is 0 Å². The molecular formula is C25H26N4OS. The molecule has 1 aliphatic rings. The van der Waals surface area contributed by atoms with Crippen LogP contribution in [-0.2, 0) is 24.3 Å². The summed E-state index contributed by atoms with van der Waals surface area (Å²) < 4.78 is 2.33. The van der Waals surface area contributed by atoms with Gasteiger partial charge in [-0.2, -0.15) is 0 Å². The van der Waals surface area contributed by atoms with Crippen molar-refractivity contribution < 1.29 is 4.79 Å². The van der Waals surface area contributed by atoms with E-state index in [1.165, 1.54) is 11.1 Å². The number of carbonyl (C=O) groups is 1. The second kappa shape index (κ2) is 9.04. The third-order valence-electron chi connectivity index (χ3n) is 5.91. The van der Waals surface area contributed by atoms with E-state index in [2.05, 4.69) is 58.0 Å². The Bertz CT molecular complexity index is 1140. The van der Waals surface area contributed by atoms with Crippen molar-refractivity contribution in [1.29, 1.82) is 0 Å². The number of carbonyl (C=O) groups excluding carboxylic acids is 1. The Morgan fingerprint density at radius 2 is 1.65 bits per heavy atom. The summed E-state index contributed by atoms with van der Waals surface area (Å²) in [6.45, 7) is 4.94. The molecule has 0 atom stereocenters. The maximum Gasteiger partial charge on any atom is 0.227 e. The maximum atomic E-state index is 12.6. The molecule has 0 bridgehead atoms. The van der Waals surface area contributed by atoms with Crippen molar-refractivity contribution >= 4 is 28.3 Å². The van der Waals surface area contributed by atoms with Gasteiger partial charge in [0.15, 0.2) is 0 Å². The first-order chi connectivity index (χ1) is 15.3. The Labute approximate surface area is 186 Å². The Hall–Kier alpha value is -2.96. The molecule has 0 N–H and O–H groups in total. The van der Waals surface area contributed by atoms with Crippen LogP contribution in [0.15, 0.2) is 72.1 Å². The van der Waals surface area contributed by atoms with Crippen molar-refractivity contribution in [3.63, 3.8) is 0 Å². The monoisotopic (exact) mass is 430 g/mol. The molecular weight excluding hydrogens is 404 g/mol. The summed E-state index contributed by atoms with van der Waals surface area (Å²) in [4.78, 5) is 23.1. The van der Waals surface area contributed by atoms with Crippen LogP contribution in [0.3, 0.4) is 0 Å². The molecule has 1 fully saturated rings. The SMILES string of the molecule is O=C(Cc1cccs1)N1CCN(Cc2nc3ccccc3n2Cc2ccccc2)CC1. The molecule has 2 aromatic heterocycles. The zero-order chi connectivity index (χ0) is 21.0. The maximum absolute atomic E-state index is 12.6. The molecule has 2 aromatic carbocycles. The van der Waals surface area contributed by atoms with E-state index in [4.69, 9.17) is 4.98 Å². The van der Waals surface area contributed by atoms with Crippen LogP contribution >= 0.6 is 11.3 Å². The highest BCUT2D eigenvalue weighted by atomic mass is 32.1. The quantitative estimate of drug-likeness (QED) is 0.464. The second-order valence-corrected chi connectivity index (χ2v) is 9.03. The van der Waals surface area contributed by atoms with Gasteiger partial charge in [0.1, 0.15) is 5.82 Å². The van der Waals surface area contributed by atoms with Crippen molar-refractivity contribution in [3.05, 3.63) is 88.4 Å². The first-order valence-corrected chi connectivity index (χ1v) is 11.6. The summed E-state index contributed by atoms with van der Waals surface area (Å²) in [6, 6.07) is 22.9. The van der Waals surface area contributed by atoms with E-state index < -0.39 is 0 Å². The van der Waals surface area contributed by atoms with Crippen LogP contribution in [0.2, 0.25) is 0 Å². The van der Waals surface area contributed by atoms with E-state index in [0.29, 0.717) is 6.42 Å². The third-order valence-corrected chi connectivity index (χ3v) is 6.79. The normalized spacial score (nSPS) is 14.9. The summed E-state index contributed by atoms with van der Waals surface area (Å²) in [6.07, 6.45) is 0.518. The molecule has 0 spiro atoms. The molecule has 5 nitrogen and oxygen atoms in total. The van der Waals surface area contributed by atoms with Gasteiger partial charge in [0.2, 0.25) is 5.91 Å². The topological polar surface area (TPSA) is 41.4 Å². The number of hydrogen-bond donors (Lipinski definition) is 0. The smallest absolute Gasteiger partial charge is 0.227 e. The average molecular weight is 431 g/mol. The predicted molar refractivity (Wildman–Crippen MR) is 125 cm³/mol. The van der Waals surface area contributed by atoms with E-state index in [1.54, 1.807) is 11.3 Å². The highest BCUT2D eigenvalue weighted by Gasteiger charge is 2.23. The number of benzene rings is 2. The molecule has 6 heteroatoms. The van der Waals surface area contributed by atoms with Gasteiger partial charge in [-0.3, -0.25) is 9.69 Å². The van der Waals surface area contributed by atoms with Gasteiger partial charge in [-0.1, -0.05) is 48.5 Å². The predicted octanol–water partition coefficient (Wildman–Crippen LogP) is 4.03. The zero-order valence-corrected chi connectivity index (χ0v) is 18.3. The van der Waals surface area contributed by atoms with Gasteiger partial charge in [-0.25, -0.2) is 4.98 Å². The molecule has 0 aliphatic carbocycles. The summed E-state index contributed by atoms with van der Waals surface area (Å²) in [5.41, 5.74) is 3.49. The molecule has 0 radical (unpaired) electrons. The van der Waals surface area contributed by atoms with Crippen molar-refractivity contribution in [2.75, 3.05) is 26.2 Å². The molecule has 3 heterocycles. The molecule has 4 aromatic rings. The van der Waals surface area contributed by atoms with E-state index in [9.17, 15) is 4.79 Å². The van der Waals surface area contributed by atoms with E-state index in [1.807, 2.05) is 28.5 Å². The van der Waals surface area contributed by atoms with Crippen molar-refractivity contribution in [2.24, 2.45) is 0 Å². The highest BCUT2D eigenvalue weighted by molar-refractivity contribution is 7.10. The lowest BCUT2D eigenvalue weighted by molar-refractivity contribution is -0.132. The van der Waals surface area contributed by atoms with Crippen molar-refractivity contribution in [1.82, 2.24) is 19.4 Å². The van der Waals surface area contributed by atoms with Crippen LogP contribution in [0.1, 0.15) is 16.3 Å². The lowest BCUT2D eigenvalue weighted by atomic mass is 10.2. The first kappa shape index (κ1) is 20.0.